The predicted molar refractivity (Wildman–Crippen MR) is 106 cm³/mol. The van der Waals surface area contributed by atoms with Crippen LogP contribution in [-0.2, 0) is 4.79 Å². The van der Waals surface area contributed by atoms with Crippen LogP contribution < -0.4 is 11.1 Å². The molecule has 0 bridgehead atoms. The van der Waals surface area contributed by atoms with Crippen LogP contribution in [0.1, 0.15) is 29.6 Å². The smallest absolute Gasteiger partial charge is 0.251 e. The molecule has 1 aromatic carbocycles. The summed E-state index contributed by atoms with van der Waals surface area (Å²) >= 11 is 1.71. The number of halogens is 1. The van der Waals surface area contributed by atoms with Gasteiger partial charge in [-0.1, -0.05) is 18.2 Å². The molecule has 5 nitrogen and oxygen atoms in total. The maximum Gasteiger partial charge on any atom is 0.251 e. The van der Waals surface area contributed by atoms with Crippen molar-refractivity contribution in [2.45, 2.75) is 25.3 Å². The van der Waals surface area contributed by atoms with Gasteiger partial charge in [-0.05, 0) is 49.3 Å². The SMILES string of the molecule is CSCC[C@H](N)C(=O)N1CCCC(CNC(=O)c2ccccc2)C1.Cl. The summed E-state index contributed by atoms with van der Waals surface area (Å²) in [4.78, 5) is 26.4. The topological polar surface area (TPSA) is 75.4 Å². The van der Waals surface area contributed by atoms with Gasteiger partial charge in [0.25, 0.3) is 5.91 Å². The molecule has 3 N–H and O–H groups in total. The normalized spacial score (nSPS) is 18.2. The number of piperidine rings is 1. The number of hydrogen-bond donors (Lipinski definition) is 2. The third-order valence-corrected chi connectivity index (χ3v) is 5.01. The molecule has 2 rings (SSSR count). The number of nitrogens with two attached hydrogens (primary N) is 1. The number of carbonyl (C=O) groups is 2. The number of benzene rings is 1. The van der Waals surface area contributed by atoms with Gasteiger partial charge in [-0.15, -0.1) is 12.4 Å². The lowest BCUT2D eigenvalue weighted by Crippen LogP contribution is -2.49. The zero-order valence-corrected chi connectivity index (χ0v) is 16.3. The minimum absolute atomic E-state index is 0. The molecule has 0 aliphatic carbocycles. The van der Waals surface area contributed by atoms with Crippen LogP contribution in [0.5, 0.6) is 0 Å². The van der Waals surface area contributed by atoms with Gasteiger partial charge in [0.2, 0.25) is 5.91 Å². The average molecular weight is 386 g/mol. The minimum atomic E-state index is -0.407. The first kappa shape index (κ1) is 21.8. The van der Waals surface area contributed by atoms with E-state index in [1.807, 2.05) is 29.4 Å². The van der Waals surface area contributed by atoms with Gasteiger partial charge in [0.15, 0.2) is 0 Å². The Morgan fingerprint density at radius 3 is 2.76 bits per heavy atom. The number of hydrogen-bond acceptors (Lipinski definition) is 4. The molecule has 140 valence electrons. The first-order valence-corrected chi connectivity index (χ1v) is 9.87. The Kier molecular flexibility index (Phi) is 9.93. The zero-order valence-electron chi connectivity index (χ0n) is 14.6. The summed E-state index contributed by atoms with van der Waals surface area (Å²) < 4.78 is 0. The number of likely N-dealkylation sites (tertiary alicyclic amines) is 1. The molecule has 1 fully saturated rings. The van der Waals surface area contributed by atoms with E-state index in [0.717, 1.165) is 25.1 Å². The lowest BCUT2D eigenvalue weighted by Gasteiger charge is -2.34. The highest BCUT2D eigenvalue weighted by Gasteiger charge is 2.27. The number of thioether (sulfide) groups is 1. The van der Waals surface area contributed by atoms with E-state index in [0.29, 0.717) is 31.0 Å². The molecule has 0 aromatic heterocycles. The second kappa shape index (κ2) is 11.4. The van der Waals surface area contributed by atoms with Crippen molar-refractivity contribution >= 4 is 36.0 Å². The van der Waals surface area contributed by atoms with Gasteiger partial charge in [-0.3, -0.25) is 9.59 Å². The van der Waals surface area contributed by atoms with Crippen LogP contribution in [0.15, 0.2) is 30.3 Å². The van der Waals surface area contributed by atoms with E-state index < -0.39 is 6.04 Å². The highest BCUT2D eigenvalue weighted by atomic mass is 35.5. The summed E-state index contributed by atoms with van der Waals surface area (Å²) in [7, 11) is 0. The van der Waals surface area contributed by atoms with Crippen molar-refractivity contribution in [1.82, 2.24) is 10.2 Å². The summed E-state index contributed by atoms with van der Waals surface area (Å²) in [5.74, 6) is 1.18. The standard InChI is InChI=1S/C18H27N3O2S.ClH/c1-24-11-9-16(19)18(23)21-10-5-6-14(13-21)12-20-17(22)15-7-3-2-4-8-15;/h2-4,7-8,14,16H,5-6,9-13,19H2,1H3,(H,20,22);1H/t14?,16-;/m0./s1. The third-order valence-electron chi connectivity index (χ3n) is 4.37. The van der Waals surface area contributed by atoms with Gasteiger partial charge in [-0.25, -0.2) is 0 Å². The van der Waals surface area contributed by atoms with Gasteiger partial charge < -0.3 is 16.0 Å². The van der Waals surface area contributed by atoms with Crippen molar-refractivity contribution in [1.29, 1.82) is 0 Å². The first-order chi connectivity index (χ1) is 11.6. The second-order valence-corrected chi connectivity index (χ2v) is 7.24. The van der Waals surface area contributed by atoms with Crippen LogP contribution in [0, 0.1) is 5.92 Å². The van der Waals surface area contributed by atoms with Crippen molar-refractivity contribution in [2.75, 3.05) is 31.6 Å². The molecular formula is C18H28ClN3O2S. The molecule has 1 heterocycles. The number of amides is 2. The number of carbonyl (C=O) groups excluding carboxylic acids is 2. The van der Waals surface area contributed by atoms with Crippen molar-refractivity contribution in [3.8, 4) is 0 Å². The zero-order chi connectivity index (χ0) is 17.4. The Morgan fingerprint density at radius 2 is 2.08 bits per heavy atom. The van der Waals surface area contributed by atoms with E-state index in [2.05, 4.69) is 5.32 Å². The quantitative estimate of drug-likeness (QED) is 0.754. The molecule has 1 saturated heterocycles. The fourth-order valence-electron chi connectivity index (χ4n) is 2.96. The monoisotopic (exact) mass is 385 g/mol. The molecule has 0 spiro atoms. The van der Waals surface area contributed by atoms with Gasteiger partial charge in [0.1, 0.15) is 0 Å². The number of nitrogens with one attached hydrogen (secondary N) is 1. The van der Waals surface area contributed by atoms with Crippen LogP contribution in [0.25, 0.3) is 0 Å². The van der Waals surface area contributed by atoms with Crippen molar-refractivity contribution < 1.29 is 9.59 Å². The van der Waals surface area contributed by atoms with Crippen molar-refractivity contribution in [2.24, 2.45) is 11.7 Å². The summed E-state index contributed by atoms with van der Waals surface area (Å²) in [5, 5.41) is 2.98. The Bertz CT molecular complexity index is 544. The number of nitrogens with zero attached hydrogens (tertiary/aromatic N) is 1. The van der Waals surface area contributed by atoms with Gasteiger partial charge >= 0.3 is 0 Å². The van der Waals surface area contributed by atoms with E-state index >= 15 is 0 Å². The Hall–Kier alpha value is -1.24. The number of rotatable bonds is 7. The summed E-state index contributed by atoms with van der Waals surface area (Å²) in [5.41, 5.74) is 6.67. The molecule has 25 heavy (non-hydrogen) atoms. The lowest BCUT2D eigenvalue weighted by molar-refractivity contribution is -0.134. The fraction of sp³-hybridized carbons (Fsp3) is 0.556. The van der Waals surface area contributed by atoms with Crippen LogP contribution in [-0.4, -0.2) is 54.4 Å². The van der Waals surface area contributed by atoms with Crippen molar-refractivity contribution in [3.63, 3.8) is 0 Å². The van der Waals surface area contributed by atoms with Crippen LogP contribution in [0.4, 0.5) is 0 Å². The van der Waals surface area contributed by atoms with E-state index in [-0.39, 0.29) is 24.2 Å². The Labute approximate surface area is 160 Å². The van der Waals surface area contributed by atoms with Crippen LogP contribution in [0.2, 0.25) is 0 Å². The summed E-state index contributed by atoms with van der Waals surface area (Å²) in [6, 6.07) is 8.79. The van der Waals surface area contributed by atoms with E-state index in [1.165, 1.54) is 0 Å². The molecule has 0 radical (unpaired) electrons. The Morgan fingerprint density at radius 1 is 1.36 bits per heavy atom. The molecule has 2 amide bonds. The lowest BCUT2D eigenvalue weighted by atomic mass is 9.97. The molecular weight excluding hydrogens is 358 g/mol. The van der Waals surface area contributed by atoms with E-state index in [1.54, 1.807) is 23.9 Å². The molecule has 1 aromatic rings. The van der Waals surface area contributed by atoms with Gasteiger partial charge in [-0.2, -0.15) is 11.8 Å². The summed E-state index contributed by atoms with van der Waals surface area (Å²) in [6.45, 7) is 2.05. The second-order valence-electron chi connectivity index (χ2n) is 6.26. The van der Waals surface area contributed by atoms with Crippen LogP contribution in [0.3, 0.4) is 0 Å². The largest absolute Gasteiger partial charge is 0.352 e. The highest BCUT2D eigenvalue weighted by Crippen LogP contribution is 2.17. The summed E-state index contributed by atoms with van der Waals surface area (Å²) in [6.07, 6.45) is 4.72. The minimum Gasteiger partial charge on any atom is -0.352 e. The van der Waals surface area contributed by atoms with E-state index in [9.17, 15) is 9.59 Å². The maximum absolute atomic E-state index is 12.4. The van der Waals surface area contributed by atoms with Crippen LogP contribution >= 0.6 is 24.2 Å². The molecule has 2 atom stereocenters. The van der Waals surface area contributed by atoms with E-state index in [4.69, 9.17) is 5.73 Å². The Balaban J connectivity index is 0.00000312. The van der Waals surface area contributed by atoms with Crippen molar-refractivity contribution in [3.05, 3.63) is 35.9 Å². The third kappa shape index (κ3) is 6.88. The molecule has 1 aliphatic heterocycles. The van der Waals surface area contributed by atoms with Gasteiger partial charge in [0.05, 0.1) is 6.04 Å². The molecule has 1 aliphatic rings. The fourth-order valence-corrected chi connectivity index (χ4v) is 3.45. The predicted octanol–water partition coefficient (Wildman–Crippen LogP) is 2.16. The molecule has 1 unspecified atom stereocenters. The first-order valence-electron chi connectivity index (χ1n) is 8.48. The molecule has 0 saturated carbocycles. The maximum atomic E-state index is 12.4. The van der Waals surface area contributed by atoms with Gasteiger partial charge in [0, 0.05) is 25.2 Å². The molecule has 7 heteroatoms. The highest BCUT2D eigenvalue weighted by molar-refractivity contribution is 7.98. The average Bonchev–Trinajstić information content (AvgIpc) is 2.64.